The van der Waals surface area contributed by atoms with E-state index in [0.29, 0.717) is 11.5 Å². The molecule has 0 unspecified atom stereocenters. The highest BCUT2D eigenvalue weighted by Crippen LogP contribution is 2.19. The number of hydrogen-bond acceptors (Lipinski definition) is 4. The topological polar surface area (TPSA) is 79.5 Å². The third-order valence-corrected chi connectivity index (χ3v) is 2.69. The fourth-order valence-corrected chi connectivity index (χ4v) is 1.78. The van der Waals surface area contributed by atoms with Crippen LogP contribution in [0.3, 0.4) is 0 Å². The molecule has 2 heterocycles. The average molecular weight is 262 g/mol. The Morgan fingerprint density at radius 3 is 2.53 bits per heavy atom. The zero-order valence-electron chi connectivity index (χ0n) is 11.5. The Kier molecular flexibility index (Phi) is 3.42. The van der Waals surface area contributed by atoms with Crippen molar-refractivity contribution in [2.75, 3.05) is 5.32 Å². The van der Waals surface area contributed by atoms with Gasteiger partial charge in [0.05, 0.1) is 5.69 Å². The van der Waals surface area contributed by atoms with E-state index < -0.39 is 5.97 Å². The van der Waals surface area contributed by atoms with Crippen molar-refractivity contribution in [2.45, 2.75) is 39.7 Å². The summed E-state index contributed by atoms with van der Waals surface area (Å²) >= 11 is 0. The molecule has 0 aliphatic rings. The summed E-state index contributed by atoms with van der Waals surface area (Å²) in [6, 6.07) is 3.51. The van der Waals surface area contributed by atoms with Crippen molar-refractivity contribution in [1.29, 1.82) is 0 Å². The summed E-state index contributed by atoms with van der Waals surface area (Å²) < 4.78 is 1.65. The molecule has 0 fully saturated rings. The van der Waals surface area contributed by atoms with Crippen LogP contribution in [0.2, 0.25) is 0 Å². The van der Waals surface area contributed by atoms with Crippen LogP contribution in [-0.4, -0.2) is 31.7 Å². The van der Waals surface area contributed by atoms with E-state index in [1.165, 1.54) is 6.07 Å². The summed E-state index contributed by atoms with van der Waals surface area (Å²) in [5.41, 5.74) is 1.46. The number of nitrogens with zero attached hydrogens (tertiary/aromatic N) is 3. The SMILES string of the molecule is CC(C)Nc1cc(C(=O)O)nc2cc(C(C)C)nn12. The van der Waals surface area contributed by atoms with Gasteiger partial charge in [0.1, 0.15) is 5.82 Å². The molecule has 2 aromatic rings. The first-order chi connectivity index (χ1) is 8.88. The second kappa shape index (κ2) is 4.87. The summed E-state index contributed by atoms with van der Waals surface area (Å²) in [4.78, 5) is 15.2. The minimum Gasteiger partial charge on any atom is -0.477 e. The summed E-state index contributed by atoms with van der Waals surface area (Å²) in [6.07, 6.45) is 0. The van der Waals surface area contributed by atoms with Crippen LogP contribution < -0.4 is 5.32 Å². The molecule has 0 spiro atoms. The van der Waals surface area contributed by atoms with E-state index in [4.69, 9.17) is 5.11 Å². The lowest BCUT2D eigenvalue weighted by atomic mass is 10.1. The minimum absolute atomic E-state index is 0.0193. The molecule has 2 N–H and O–H groups in total. The zero-order chi connectivity index (χ0) is 14.2. The number of carboxylic acids is 1. The van der Waals surface area contributed by atoms with Crippen LogP contribution in [0.4, 0.5) is 5.82 Å². The first-order valence-electron chi connectivity index (χ1n) is 6.29. The van der Waals surface area contributed by atoms with Crippen molar-refractivity contribution in [2.24, 2.45) is 0 Å². The second-order valence-corrected chi connectivity index (χ2v) is 5.12. The summed E-state index contributed by atoms with van der Waals surface area (Å²) in [7, 11) is 0. The molecule has 19 heavy (non-hydrogen) atoms. The van der Waals surface area contributed by atoms with Crippen LogP contribution in [-0.2, 0) is 0 Å². The molecule has 6 nitrogen and oxygen atoms in total. The predicted molar refractivity (Wildman–Crippen MR) is 72.8 cm³/mol. The number of carbonyl (C=O) groups is 1. The molecule has 0 aliphatic heterocycles. The van der Waals surface area contributed by atoms with Crippen molar-refractivity contribution in [3.05, 3.63) is 23.5 Å². The molecule has 6 heteroatoms. The lowest BCUT2D eigenvalue weighted by Gasteiger charge is -2.11. The molecule has 0 aliphatic carbocycles. The Morgan fingerprint density at radius 1 is 1.32 bits per heavy atom. The monoisotopic (exact) mass is 262 g/mol. The van der Waals surface area contributed by atoms with E-state index in [0.717, 1.165) is 5.69 Å². The first kappa shape index (κ1) is 13.3. The summed E-state index contributed by atoms with van der Waals surface area (Å²) in [6.45, 7) is 8.05. The van der Waals surface area contributed by atoms with Crippen LogP contribution in [0.15, 0.2) is 12.1 Å². The van der Waals surface area contributed by atoms with Crippen LogP contribution in [0.1, 0.15) is 49.8 Å². The van der Waals surface area contributed by atoms with Gasteiger partial charge >= 0.3 is 5.97 Å². The highest BCUT2D eigenvalue weighted by Gasteiger charge is 2.15. The van der Waals surface area contributed by atoms with Gasteiger partial charge in [-0.2, -0.15) is 9.61 Å². The number of aromatic nitrogens is 3. The van der Waals surface area contributed by atoms with Gasteiger partial charge in [-0.3, -0.25) is 0 Å². The average Bonchev–Trinajstić information content (AvgIpc) is 2.72. The highest BCUT2D eigenvalue weighted by molar-refractivity contribution is 5.87. The minimum atomic E-state index is -1.04. The quantitative estimate of drug-likeness (QED) is 0.884. The van der Waals surface area contributed by atoms with Crippen molar-refractivity contribution in [1.82, 2.24) is 14.6 Å². The van der Waals surface area contributed by atoms with E-state index in [-0.39, 0.29) is 17.7 Å². The molecule has 0 aromatic carbocycles. The number of rotatable bonds is 4. The van der Waals surface area contributed by atoms with Gasteiger partial charge in [0.2, 0.25) is 0 Å². The van der Waals surface area contributed by atoms with Gasteiger partial charge in [0, 0.05) is 18.2 Å². The molecule has 102 valence electrons. The Bertz CT molecular complexity index is 616. The van der Waals surface area contributed by atoms with E-state index >= 15 is 0 Å². The molecular weight excluding hydrogens is 244 g/mol. The molecular formula is C13H18N4O2. The van der Waals surface area contributed by atoms with Crippen molar-refractivity contribution in [3.63, 3.8) is 0 Å². The summed E-state index contributed by atoms with van der Waals surface area (Å²) in [5.74, 6) is -0.132. The smallest absolute Gasteiger partial charge is 0.354 e. The van der Waals surface area contributed by atoms with Gasteiger partial charge < -0.3 is 10.4 Å². The maximum absolute atomic E-state index is 11.1. The van der Waals surface area contributed by atoms with Crippen LogP contribution in [0.25, 0.3) is 5.65 Å². The van der Waals surface area contributed by atoms with Gasteiger partial charge in [0.15, 0.2) is 11.3 Å². The maximum atomic E-state index is 11.1. The molecule has 0 atom stereocenters. The number of nitrogens with one attached hydrogen (secondary N) is 1. The largest absolute Gasteiger partial charge is 0.477 e. The second-order valence-electron chi connectivity index (χ2n) is 5.12. The number of anilines is 1. The Morgan fingerprint density at radius 2 is 2.00 bits per heavy atom. The molecule has 0 saturated carbocycles. The molecule has 2 aromatic heterocycles. The molecule has 0 saturated heterocycles. The number of hydrogen-bond donors (Lipinski definition) is 2. The lowest BCUT2D eigenvalue weighted by molar-refractivity contribution is 0.0690. The normalized spacial score (nSPS) is 11.5. The third-order valence-electron chi connectivity index (χ3n) is 2.69. The molecule has 0 bridgehead atoms. The zero-order valence-corrected chi connectivity index (χ0v) is 11.5. The van der Waals surface area contributed by atoms with Gasteiger partial charge in [-0.1, -0.05) is 13.8 Å². The maximum Gasteiger partial charge on any atom is 0.354 e. The van der Waals surface area contributed by atoms with Gasteiger partial charge in [-0.05, 0) is 19.8 Å². The van der Waals surface area contributed by atoms with E-state index in [1.54, 1.807) is 4.52 Å². The lowest BCUT2D eigenvalue weighted by Crippen LogP contribution is -2.15. The Labute approximate surface area is 111 Å². The third kappa shape index (κ3) is 2.67. The number of carboxylic acid groups (broad SMARTS) is 1. The fraction of sp³-hybridized carbons (Fsp3) is 0.462. The highest BCUT2D eigenvalue weighted by atomic mass is 16.4. The predicted octanol–water partition coefficient (Wildman–Crippen LogP) is 2.37. The van der Waals surface area contributed by atoms with Crippen molar-refractivity contribution >= 4 is 17.4 Å². The van der Waals surface area contributed by atoms with Gasteiger partial charge in [-0.15, -0.1) is 0 Å². The van der Waals surface area contributed by atoms with Crippen molar-refractivity contribution in [3.8, 4) is 0 Å². The Balaban J connectivity index is 2.63. The van der Waals surface area contributed by atoms with Gasteiger partial charge in [-0.25, -0.2) is 9.78 Å². The van der Waals surface area contributed by atoms with Crippen LogP contribution >= 0.6 is 0 Å². The van der Waals surface area contributed by atoms with E-state index in [1.807, 2.05) is 33.8 Å². The summed E-state index contributed by atoms with van der Waals surface area (Å²) in [5, 5.41) is 16.8. The molecule has 2 rings (SSSR count). The van der Waals surface area contributed by atoms with Crippen LogP contribution in [0, 0.1) is 0 Å². The van der Waals surface area contributed by atoms with E-state index in [2.05, 4.69) is 15.4 Å². The molecule has 0 radical (unpaired) electrons. The fourth-order valence-electron chi connectivity index (χ4n) is 1.78. The molecule has 0 amide bonds. The first-order valence-corrected chi connectivity index (χ1v) is 6.29. The Hall–Kier alpha value is -2.11. The standard InChI is InChI=1S/C13H18N4O2/c1-7(2)9-5-12-15-10(13(18)19)6-11(14-8(3)4)17(12)16-9/h5-8,14H,1-4H3,(H,18,19). The van der Waals surface area contributed by atoms with Crippen molar-refractivity contribution < 1.29 is 9.90 Å². The van der Waals surface area contributed by atoms with Gasteiger partial charge in [0.25, 0.3) is 0 Å². The van der Waals surface area contributed by atoms with Crippen LogP contribution in [0.5, 0.6) is 0 Å². The number of fused-ring (bicyclic) bond motifs is 1. The van der Waals surface area contributed by atoms with E-state index in [9.17, 15) is 4.79 Å². The number of aromatic carboxylic acids is 1.